The Labute approximate surface area is 189 Å². The number of para-hydroxylation sites is 1. The number of fused-ring (bicyclic) bond motifs is 1. The molecule has 32 heavy (non-hydrogen) atoms. The molecule has 0 spiro atoms. The minimum Gasteiger partial charge on any atom is -0.350 e. The summed E-state index contributed by atoms with van der Waals surface area (Å²) in [6, 6.07) is 8.74. The summed E-state index contributed by atoms with van der Waals surface area (Å²) in [6.07, 6.45) is 6.12. The fourth-order valence-electron chi connectivity index (χ4n) is 3.29. The molecule has 0 radical (unpaired) electrons. The molecule has 0 saturated carbocycles. The first-order valence-corrected chi connectivity index (χ1v) is 12.8. The topological polar surface area (TPSA) is 122 Å². The highest BCUT2D eigenvalue weighted by Crippen LogP contribution is 2.13. The van der Waals surface area contributed by atoms with Crippen LogP contribution in [0.5, 0.6) is 0 Å². The molecule has 9 heteroatoms. The Hall–Kier alpha value is -2.81. The van der Waals surface area contributed by atoms with E-state index in [0.29, 0.717) is 25.7 Å². The van der Waals surface area contributed by atoms with E-state index in [0.717, 1.165) is 35.6 Å². The fourth-order valence-corrected chi connectivity index (χ4v) is 3.85. The van der Waals surface area contributed by atoms with Gasteiger partial charge in [0.15, 0.2) is 9.84 Å². The van der Waals surface area contributed by atoms with Gasteiger partial charge in [0.2, 0.25) is 11.8 Å². The summed E-state index contributed by atoms with van der Waals surface area (Å²) in [5.41, 5.74) is 1.67. The third kappa shape index (κ3) is 9.13. The van der Waals surface area contributed by atoms with Crippen molar-refractivity contribution < 1.29 is 22.8 Å². The maximum Gasteiger partial charge on any atom is 0.242 e. The van der Waals surface area contributed by atoms with Crippen LogP contribution < -0.4 is 10.6 Å². The van der Waals surface area contributed by atoms with E-state index in [1.807, 2.05) is 37.3 Å². The van der Waals surface area contributed by atoms with Gasteiger partial charge in [0, 0.05) is 37.2 Å². The van der Waals surface area contributed by atoms with Crippen molar-refractivity contribution in [2.24, 2.45) is 0 Å². The molecule has 0 aliphatic heterocycles. The Morgan fingerprint density at radius 3 is 2.56 bits per heavy atom. The molecule has 174 valence electrons. The second-order valence-corrected chi connectivity index (χ2v) is 10.1. The standard InChI is InChI=1S/C23H31N3O5S/c1-3-19(27)10-5-4-6-12-21(26-22(28)16-32(2,30)31)23(29)25-15-17-13-18-9-7-8-11-20(18)24-14-17/h7-9,11,13-14,21H,3-6,10,12,15-16H2,1-2H3,(H,25,29)(H,26,28)/t21-/m0/s1. The minimum absolute atomic E-state index is 0.199. The number of carbonyl (C=O) groups excluding carboxylic acids is 3. The first-order chi connectivity index (χ1) is 15.2. The average Bonchev–Trinajstić information content (AvgIpc) is 2.74. The van der Waals surface area contributed by atoms with Crippen LogP contribution in [0.15, 0.2) is 36.5 Å². The summed E-state index contributed by atoms with van der Waals surface area (Å²) < 4.78 is 22.8. The van der Waals surface area contributed by atoms with E-state index >= 15 is 0 Å². The van der Waals surface area contributed by atoms with E-state index in [1.54, 1.807) is 6.20 Å². The minimum atomic E-state index is -3.50. The highest BCUT2D eigenvalue weighted by atomic mass is 32.2. The van der Waals surface area contributed by atoms with Crippen LogP contribution in [0.4, 0.5) is 0 Å². The number of ketones is 1. The zero-order valence-corrected chi connectivity index (χ0v) is 19.4. The van der Waals surface area contributed by atoms with E-state index in [4.69, 9.17) is 0 Å². The molecule has 0 aliphatic rings. The number of pyridine rings is 1. The largest absolute Gasteiger partial charge is 0.350 e. The first-order valence-electron chi connectivity index (χ1n) is 10.8. The van der Waals surface area contributed by atoms with Gasteiger partial charge in [-0.2, -0.15) is 0 Å². The Balaban J connectivity index is 1.95. The number of unbranched alkanes of at least 4 members (excludes halogenated alkanes) is 2. The number of aromatic nitrogens is 1. The number of hydrogen-bond donors (Lipinski definition) is 2. The molecular weight excluding hydrogens is 430 g/mol. The highest BCUT2D eigenvalue weighted by molar-refractivity contribution is 7.91. The van der Waals surface area contributed by atoms with Crippen molar-refractivity contribution >= 4 is 38.3 Å². The van der Waals surface area contributed by atoms with Crippen molar-refractivity contribution in [3.8, 4) is 0 Å². The molecule has 0 aliphatic carbocycles. The maximum absolute atomic E-state index is 12.7. The van der Waals surface area contributed by atoms with Crippen LogP contribution in [0.2, 0.25) is 0 Å². The zero-order valence-electron chi connectivity index (χ0n) is 18.6. The first kappa shape index (κ1) is 25.5. The van der Waals surface area contributed by atoms with E-state index in [2.05, 4.69) is 15.6 Å². The van der Waals surface area contributed by atoms with Crippen LogP contribution >= 0.6 is 0 Å². The zero-order chi connectivity index (χ0) is 23.6. The lowest BCUT2D eigenvalue weighted by molar-refractivity contribution is -0.128. The third-order valence-corrected chi connectivity index (χ3v) is 5.79. The number of hydrogen-bond acceptors (Lipinski definition) is 6. The number of benzene rings is 1. The van der Waals surface area contributed by atoms with Crippen molar-refractivity contribution in [2.75, 3.05) is 12.0 Å². The van der Waals surface area contributed by atoms with Crippen LogP contribution in [0.1, 0.15) is 51.0 Å². The van der Waals surface area contributed by atoms with Gasteiger partial charge in [0.1, 0.15) is 17.6 Å². The smallest absolute Gasteiger partial charge is 0.242 e. The molecule has 0 fully saturated rings. The quantitative estimate of drug-likeness (QED) is 0.442. The lowest BCUT2D eigenvalue weighted by Crippen LogP contribution is -2.48. The predicted molar refractivity (Wildman–Crippen MR) is 124 cm³/mol. The lowest BCUT2D eigenvalue weighted by atomic mass is 10.0. The van der Waals surface area contributed by atoms with Gasteiger partial charge in [-0.1, -0.05) is 38.0 Å². The predicted octanol–water partition coefficient (Wildman–Crippen LogP) is 2.31. The van der Waals surface area contributed by atoms with Crippen molar-refractivity contribution in [3.63, 3.8) is 0 Å². The van der Waals surface area contributed by atoms with E-state index < -0.39 is 27.5 Å². The van der Waals surface area contributed by atoms with Crippen LogP contribution in [-0.4, -0.2) is 49.0 Å². The summed E-state index contributed by atoms with van der Waals surface area (Å²) >= 11 is 0. The number of nitrogens with zero attached hydrogens (tertiary/aromatic N) is 1. The van der Waals surface area contributed by atoms with Crippen LogP contribution in [0, 0.1) is 0 Å². The van der Waals surface area contributed by atoms with Crippen LogP contribution in [0.3, 0.4) is 0 Å². The molecule has 1 aromatic heterocycles. The summed E-state index contributed by atoms with van der Waals surface area (Å²) in [4.78, 5) is 40.6. The molecule has 0 saturated heterocycles. The number of nitrogens with one attached hydrogen (secondary N) is 2. The van der Waals surface area contributed by atoms with Crippen molar-refractivity contribution in [1.29, 1.82) is 0 Å². The normalized spacial score (nSPS) is 12.3. The maximum atomic E-state index is 12.7. The SMILES string of the molecule is CCC(=O)CCCCC[C@H](NC(=O)CS(C)(=O)=O)C(=O)NCc1cnc2ccccc2c1. The van der Waals surface area contributed by atoms with Gasteiger partial charge >= 0.3 is 0 Å². The van der Waals surface area contributed by atoms with Gasteiger partial charge in [-0.05, 0) is 30.5 Å². The number of amides is 2. The van der Waals surface area contributed by atoms with E-state index in [9.17, 15) is 22.8 Å². The molecule has 1 atom stereocenters. The summed E-state index contributed by atoms with van der Waals surface area (Å²) in [7, 11) is -3.50. The molecule has 0 unspecified atom stereocenters. The highest BCUT2D eigenvalue weighted by Gasteiger charge is 2.22. The van der Waals surface area contributed by atoms with Crippen molar-refractivity contribution in [2.45, 2.75) is 58.0 Å². The fraction of sp³-hybridized carbons (Fsp3) is 0.478. The molecule has 2 rings (SSSR count). The van der Waals surface area contributed by atoms with Crippen LogP contribution in [-0.2, 0) is 30.8 Å². The van der Waals surface area contributed by atoms with Crippen molar-refractivity contribution in [3.05, 3.63) is 42.1 Å². The average molecular weight is 462 g/mol. The van der Waals surface area contributed by atoms with Gasteiger partial charge in [-0.15, -0.1) is 0 Å². The summed E-state index contributed by atoms with van der Waals surface area (Å²) in [5, 5.41) is 6.30. The number of sulfone groups is 1. The van der Waals surface area contributed by atoms with Crippen molar-refractivity contribution in [1.82, 2.24) is 15.6 Å². The van der Waals surface area contributed by atoms with E-state index in [1.165, 1.54) is 0 Å². The van der Waals surface area contributed by atoms with Gasteiger partial charge in [0.25, 0.3) is 0 Å². The summed E-state index contributed by atoms with van der Waals surface area (Å²) in [5.74, 6) is -1.56. The molecule has 2 amide bonds. The van der Waals surface area contributed by atoms with Gasteiger partial charge in [-0.3, -0.25) is 19.4 Å². The Morgan fingerprint density at radius 1 is 1.09 bits per heavy atom. The molecule has 8 nitrogen and oxygen atoms in total. The molecule has 1 heterocycles. The Kier molecular flexibility index (Phi) is 9.77. The molecular formula is C23H31N3O5S. The second-order valence-electron chi connectivity index (χ2n) is 7.94. The molecule has 2 aromatic rings. The van der Waals surface area contributed by atoms with Crippen LogP contribution in [0.25, 0.3) is 10.9 Å². The molecule has 1 aromatic carbocycles. The van der Waals surface area contributed by atoms with Gasteiger partial charge in [0.05, 0.1) is 5.52 Å². The summed E-state index contributed by atoms with van der Waals surface area (Å²) in [6.45, 7) is 2.06. The monoisotopic (exact) mass is 461 g/mol. The Morgan fingerprint density at radius 2 is 1.84 bits per heavy atom. The lowest BCUT2D eigenvalue weighted by Gasteiger charge is -2.18. The van der Waals surface area contributed by atoms with Gasteiger partial charge < -0.3 is 10.6 Å². The number of carbonyl (C=O) groups is 3. The molecule has 2 N–H and O–H groups in total. The number of Topliss-reactive ketones (excluding diaryl/α,β-unsaturated/α-hetero) is 1. The second kappa shape index (κ2) is 12.3. The molecule has 0 bridgehead atoms. The number of rotatable bonds is 13. The van der Waals surface area contributed by atoms with Gasteiger partial charge in [-0.25, -0.2) is 8.42 Å². The Bertz CT molecular complexity index is 1050. The third-order valence-electron chi connectivity index (χ3n) is 5.00. The van der Waals surface area contributed by atoms with E-state index in [-0.39, 0.29) is 18.2 Å².